The van der Waals surface area contributed by atoms with Crippen molar-refractivity contribution in [3.8, 4) is 0 Å². The Kier molecular flexibility index (Phi) is 6.59. The third kappa shape index (κ3) is 5.41. The summed E-state index contributed by atoms with van der Waals surface area (Å²) in [4.78, 5) is 12.5. The molecule has 0 aliphatic rings. The normalized spacial score (nSPS) is 10.1. The number of carbonyl (C=O) groups excluding carboxylic acids is 1. The van der Waals surface area contributed by atoms with Crippen molar-refractivity contribution in [3.63, 3.8) is 0 Å². The molecular weight excluding hydrogens is 264 g/mol. The zero-order valence-electron chi connectivity index (χ0n) is 6.34. The summed E-state index contributed by atoms with van der Waals surface area (Å²) in [6, 6.07) is 0. The Morgan fingerprint density at radius 2 is 1.69 bits per heavy atom. The van der Waals surface area contributed by atoms with Crippen molar-refractivity contribution in [1.29, 1.82) is 0 Å². The third-order valence-electron chi connectivity index (χ3n) is 0.839. The molecule has 0 rings (SSSR count). The number of ether oxygens (including phenoxy) is 1. The Bertz CT molecular complexity index is 196. The summed E-state index contributed by atoms with van der Waals surface area (Å²) in [5.41, 5.74) is -0.0860. The van der Waals surface area contributed by atoms with Gasteiger partial charge in [-0.15, -0.1) is 0 Å². The molecule has 0 aliphatic carbocycles. The van der Waals surface area contributed by atoms with E-state index in [1.807, 2.05) is 0 Å². The molecule has 0 saturated heterocycles. The zero-order chi connectivity index (χ0) is 10.4. The van der Waals surface area contributed by atoms with Crippen LogP contribution in [0, 0.1) is 0 Å². The molecule has 0 N–H and O–H groups in total. The lowest BCUT2D eigenvalue weighted by Gasteiger charge is -2.05. The van der Waals surface area contributed by atoms with Crippen LogP contribution in [-0.2, 0) is 9.57 Å². The van der Waals surface area contributed by atoms with Crippen LogP contribution in [-0.4, -0.2) is 28.6 Å². The van der Waals surface area contributed by atoms with Crippen molar-refractivity contribution in [2.24, 2.45) is 5.16 Å². The number of hydrogen-bond donors (Lipinski definition) is 0. The van der Waals surface area contributed by atoms with E-state index in [1.165, 1.54) is 0 Å². The molecule has 13 heavy (non-hydrogen) atoms. The molecule has 8 heteroatoms. The fourth-order valence-electron chi connectivity index (χ4n) is 0.302. The highest BCUT2D eigenvalue weighted by molar-refractivity contribution is 6.64. The van der Waals surface area contributed by atoms with Gasteiger partial charge in [0.25, 0.3) is 0 Å². The van der Waals surface area contributed by atoms with Crippen LogP contribution >= 0.6 is 46.4 Å². The monoisotopic (exact) mass is 267 g/mol. The van der Waals surface area contributed by atoms with Crippen molar-refractivity contribution in [2.45, 2.75) is 9.67 Å². The van der Waals surface area contributed by atoms with Gasteiger partial charge in [0.2, 0.25) is 0 Å². The van der Waals surface area contributed by atoms with Crippen molar-refractivity contribution >= 4 is 58.3 Å². The van der Waals surface area contributed by atoms with Gasteiger partial charge in [0.15, 0.2) is 9.67 Å². The van der Waals surface area contributed by atoms with Gasteiger partial charge >= 0.3 is 6.16 Å². The van der Waals surface area contributed by atoms with Crippen molar-refractivity contribution in [2.75, 3.05) is 7.11 Å². The van der Waals surface area contributed by atoms with Gasteiger partial charge in [0, 0.05) is 0 Å². The molecule has 0 fully saturated rings. The topological polar surface area (TPSA) is 47.9 Å². The van der Waals surface area contributed by atoms with Crippen LogP contribution in [0.2, 0.25) is 0 Å². The summed E-state index contributed by atoms with van der Waals surface area (Å²) in [5.74, 6) is 0. The molecule has 0 unspecified atom stereocenters. The predicted octanol–water partition coefficient (Wildman–Crippen LogP) is 2.73. The Morgan fingerprint density at radius 1 is 1.23 bits per heavy atom. The number of methoxy groups -OCH3 is 1. The largest absolute Gasteiger partial charge is 0.534 e. The minimum absolute atomic E-state index is 0.0860. The second kappa shape index (κ2) is 6.54. The van der Waals surface area contributed by atoms with E-state index in [0.29, 0.717) is 0 Å². The first-order chi connectivity index (χ1) is 5.99. The van der Waals surface area contributed by atoms with E-state index in [-0.39, 0.29) is 5.71 Å². The fourth-order valence-corrected chi connectivity index (χ4v) is 1.22. The van der Waals surface area contributed by atoms with Crippen LogP contribution in [0.25, 0.3) is 0 Å². The van der Waals surface area contributed by atoms with Gasteiger partial charge in [-0.3, -0.25) is 4.84 Å². The van der Waals surface area contributed by atoms with Crippen LogP contribution < -0.4 is 0 Å². The van der Waals surface area contributed by atoms with E-state index < -0.39 is 15.8 Å². The quantitative estimate of drug-likeness (QED) is 0.260. The highest BCUT2D eigenvalue weighted by atomic mass is 35.5. The Labute approximate surface area is 94.7 Å². The van der Waals surface area contributed by atoms with E-state index in [4.69, 9.17) is 46.4 Å². The predicted molar refractivity (Wildman–Crippen MR) is 51.9 cm³/mol. The highest BCUT2D eigenvalue weighted by Gasteiger charge is 2.19. The van der Waals surface area contributed by atoms with Gasteiger partial charge in [0.1, 0.15) is 5.71 Å². The fraction of sp³-hybridized carbons (Fsp3) is 0.600. The Morgan fingerprint density at radius 3 is 2.00 bits per heavy atom. The molecule has 0 radical (unpaired) electrons. The summed E-state index contributed by atoms with van der Waals surface area (Å²) in [7, 11) is 1.12. The number of oxime groups is 1. The molecule has 4 nitrogen and oxygen atoms in total. The lowest BCUT2D eigenvalue weighted by Crippen LogP contribution is -2.18. The summed E-state index contributed by atoms with van der Waals surface area (Å²) < 4.78 is 4.12. The van der Waals surface area contributed by atoms with Gasteiger partial charge in [-0.25, -0.2) is 4.79 Å². The maximum Gasteiger partial charge on any atom is 0.534 e. The number of hydrogen-bond acceptors (Lipinski definition) is 4. The molecule has 0 aromatic rings. The molecule has 0 bridgehead atoms. The number of alkyl halides is 4. The number of nitrogens with zero attached hydrogens (tertiary/aromatic N) is 1. The third-order valence-corrected chi connectivity index (χ3v) is 1.73. The van der Waals surface area contributed by atoms with Gasteiger partial charge in [-0.05, 0) is 0 Å². The second-order valence-electron chi connectivity index (χ2n) is 1.66. The van der Waals surface area contributed by atoms with Gasteiger partial charge in [-0.2, -0.15) is 0 Å². The summed E-state index contributed by atoms with van der Waals surface area (Å²) in [6.07, 6.45) is -1.01. The lowest BCUT2D eigenvalue weighted by molar-refractivity contribution is 0.0752. The molecule has 0 aliphatic heterocycles. The number of carbonyl (C=O) groups is 1. The summed E-state index contributed by atoms with van der Waals surface area (Å²) >= 11 is 21.6. The second-order valence-corrected chi connectivity index (χ2v) is 3.86. The zero-order valence-corrected chi connectivity index (χ0v) is 9.36. The average Bonchev–Trinajstić information content (AvgIpc) is 2.03. The van der Waals surface area contributed by atoms with Crippen molar-refractivity contribution < 1.29 is 14.4 Å². The van der Waals surface area contributed by atoms with Gasteiger partial charge in [0.05, 0.1) is 7.11 Å². The summed E-state index contributed by atoms with van der Waals surface area (Å²) in [5, 5.41) is 3.21. The maximum absolute atomic E-state index is 10.4. The molecule has 0 amide bonds. The van der Waals surface area contributed by atoms with Crippen molar-refractivity contribution in [3.05, 3.63) is 0 Å². The Hall–Kier alpha value is 0.1000. The number of rotatable bonds is 3. The number of halogens is 4. The minimum atomic E-state index is -1.05. The molecule has 0 aromatic carbocycles. The molecule has 0 aromatic heterocycles. The van der Waals surface area contributed by atoms with Crippen molar-refractivity contribution in [1.82, 2.24) is 0 Å². The molecule has 0 heterocycles. The Balaban J connectivity index is 4.29. The molecular formula is C5H5Cl4NO3. The first-order valence-electron chi connectivity index (χ1n) is 2.88. The first kappa shape index (κ1) is 13.1. The average molecular weight is 269 g/mol. The maximum atomic E-state index is 10.4. The standard InChI is InChI=1S/C5H5Cl4NO3/c1-12-5(11)13-10-2(3(6)7)4(8)9/h3-4H,1H3. The minimum Gasteiger partial charge on any atom is -0.436 e. The SMILES string of the molecule is COC(=O)ON=C(C(Cl)Cl)C(Cl)Cl. The van der Waals surface area contributed by atoms with E-state index in [9.17, 15) is 4.79 Å². The van der Waals surface area contributed by atoms with Gasteiger partial charge < -0.3 is 4.74 Å². The lowest BCUT2D eigenvalue weighted by atomic mass is 10.5. The smallest absolute Gasteiger partial charge is 0.436 e. The van der Waals surface area contributed by atoms with Gasteiger partial charge in [-0.1, -0.05) is 51.6 Å². The highest BCUT2D eigenvalue weighted by Crippen LogP contribution is 2.15. The van der Waals surface area contributed by atoms with Crippen LogP contribution in [0.3, 0.4) is 0 Å². The molecule has 0 spiro atoms. The van der Waals surface area contributed by atoms with E-state index >= 15 is 0 Å². The van der Waals surface area contributed by atoms with E-state index in [2.05, 4.69) is 14.7 Å². The van der Waals surface area contributed by atoms with Crippen LogP contribution in [0.15, 0.2) is 5.16 Å². The summed E-state index contributed by atoms with van der Waals surface area (Å²) in [6.45, 7) is 0. The van der Waals surface area contributed by atoms with Crippen LogP contribution in [0.1, 0.15) is 0 Å². The van der Waals surface area contributed by atoms with E-state index in [0.717, 1.165) is 7.11 Å². The van der Waals surface area contributed by atoms with Crippen LogP contribution in [0.5, 0.6) is 0 Å². The molecule has 0 saturated carbocycles. The van der Waals surface area contributed by atoms with Crippen LogP contribution in [0.4, 0.5) is 4.79 Å². The molecule has 76 valence electrons. The first-order valence-corrected chi connectivity index (χ1v) is 4.62. The molecule has 0 atom stereocenters. The van der Waals surface area contributed by atoms with E-state index in [1.54, 1.807) is 0 Å².